The molecule has 7 aromatic rings. The molecule has 0 saturated heterocycles. The molecular formula is C32H21N3. The summed E-state index contributed by atoms with van der Waals surface area (Å²) in [5, 5.41) is 14.3. The maximum absolute atomic E-state index is 9.50. The first kappa shape index (κ1) is 19.6. The average molecular weight is 448 g/mol. The van der Waals surface area contributed by atoms with Crippen molar-refractivity contribution in [2.75, 3.05) is 0 Å². The molecule has 0 amide bonds. The van der Waals surface area contributed by atoms with Crippen LogP contribution in [0.15, 0.2) is 109 Å². The molecule has 0 atom stereocenters. The van der Waals surface area contributed by atoms with Crippen LogP contribution in [0.25, 0.3) is 55.0 Å². The Hall–Kier alpha value is -4.81. The zero-order valence-electron chi connectivity index (χ0n) is 19.2. The minimum atomic E-state index is 0.678. The molecular weight excluding hydrogens is 426 g/mol. The van der Waals surface area contributed by atoms with E-state index >= 15 is 0 Å². The van der Waals surface area contributed by atoms with Gasteiger partial charge in [0.05, 0.1) is 33.7 Å². The van der Waals surface area contributed by atoms with Gasteiger partial charge in [0.25, 0.3) is 0 Å². The summed E-state index contributed by atoms with van der Waals surface area (Å²) in [4.78, 5) is 0. The molecule has 0 N–H and O–H groups in total. The lowest BCUT2D eigenvalue weighted by molar-refractivity contribution is 1.13. The minimum Gasteiger partial charge on any atom is -0.309 e. The van der Waals surface area contributed by atoms with Crippen LogP contribution in [0.5, 0.6) is 0 Å². The fourth-order valence-electron chi connectivity index (χ4n) is 5.46. The molecule has 0 aliphatic rings. The molecule has 164 valence electrons. The van der Waals surface area contributed by atoms with Crippen LogP contribution in [0.2, 0.25) is 0 Å². The molecule has 0 radical (unpaired) electrons. The number of hydrogen-bond donors (Lipinski definition) is 0. The van der Waals surface area contributed by atoms with Gasteiger partial charge < -0.3 is 9.13 Å². The van der Waals surface area contributed by atoms with Crippen LogP contribution >= 0.6 is 0 Å². The van der Waals surface area contributed by atoms with E-state index in [1.807, 2.05) is 12.1 Å². The first-order valence-electron chi connectivity index (χ1n) is 11.8. The second-order valence-corrected chi connectivity index (χ2v) is 9.09. The lowest BCUT2D eigenvalue weighted by Crippen LogP contribution is -1.98. The van der Waals surface area contributed by atoms with Crippen molar-refractivity contribution in [3.63, 3.8) is 0 Å². The van der Waals surface area contributed by atoms with Gasteiger partial charge in [-0.05, 0) is 67.6 Å². The summed E-state index contributed by atoms with van der Waals surface area (Å²) in [5.41, 5.74) is 8.73. The molecule has 3 nitrogen and oxygen atoms in total. The highest BCUT2D eigenvalue weighted by Crippen LogP contribution is 2.35. The van der Waals surface area contributed by atoms with Gasteiger partial charge in [-0.1, -0.05) is 54.1 Å². The second kappa shape index (κ2) is 7.35. The summed E-state index contributed by atoms with van der Waals surface area (Å²) in [6, 6.07) is 40.7. The summed E-state index contributed by atoms with van der Waals surface area (Å²) in [7, 11) is 0. The number of rotatable bonds is 2. The summed E-state index contributed by atoms with van der Waals surface area (Å²) in [6.07, 6.45) is 0. The van der Waals surface area contributed by atoms with E-state index in [2.05, 4.69) is 119 Å². The zero-order chi connectivity index (χ0) is 23.5. The van der Waals surface area contributed by atoms with Crippen molar-refractivity contribution < 1.29 is 0 Å². The Morgan fingerprint density at radius 3 is 1.69 bits per heavy atom. The Bertz CT molecular complexity index is 1930. The standard InChI is InChI=1S/C32H21N3/c1-21-13-15-31-27(17-21)28-18-22(20-33)14-16-32(28)35(31)24-8-6-7-23(19-24)34-29-11-4-2-9-25(29)26-10-3-5-12-30(26)34/h2-19H,1H3. The van der Waals surface area contributed by atoms with Gasteiger partial charge in [-0.25, -0.2) is 0 Å². The first-order chi connectivity index (χ1) is 17.2. The van der Waals surface area contributed by atoms with E-state index < -0.39 is 0 Å². The van der Waals surface area contributed by atoms with Crippen molar-refractivity contribution in [3.05, 3.63) is 120 Å². The van der Waals surface area contributed by atoms with Crippen LogP contribution in [-0.2, 0) is 0 Å². The monoisotopic (exact) mass is 447 g/mol. The number of aryl methyl sites for hydroxylation is 1. The molecule has 35 heavy (non-hydrogen) atoms. The predicted molar refractivity (Wildman–Crippen MR) is 145 cm³/mol. The van der Waals surface area contributed by atoms with Gasteiger partial charge in [-0.2, -0.15) is 5.26 Å². The number of aromatic nitrogens is 2. The fraction of sp³-hybridized carbons (Fsp3) is 0.0312. The highest BCUT2D eigenvalue weighted by atomic mass is 15.0. The molecule has 0 aliphatic carbocycles. The van der Waals surface area contributed by atoms with E-state index in [0.29, 0.717) is 5.56 Å². The highest BCUT2D eigenvalue weighted by Gasteiger charge is 2.15. The Kier molecular flexibility index (Phi) is 4.12. The molecule has 0 spiro atoms. The second-order valence-electron chi connectivity index (χ2n) is 9.09. The molecule has 0 saturated carbocycles. The molecule has 5 aromatic carbocycles. The third kappa shape index (κ3) is 2.84. The van der Waals surface area contributed by atoms with E-state index in [1.54, 1.807) is 0 Å². The predicted octanol–water partition coefficient (Wildman–Crippen LogP) is 8.06. The Morgan fingerprint density at radius 1 is 0.514 bits per heavy atom. The van der Waals surface area contributed by atoms with Crippen molar-refractivity contribution in [1.82, 2.24) is 9.13 Å². The lowest BCUT2D eigenvalue weighted by atomic mass is 10.1. The van der Waals surface area contributed by atoms with Gasteiger partial charge in [-0.15, -0.1) is 0 Å². The zero-order valence-corrected chi connectivity index (χ0v) is 19.2. The quantitative estimate of drug-likeness (QED) is 0.264. The topological polar surface area (TPSA) is 33.6 Å². The third-order valence-corrected chi connectivity index (χ3v) is 6.98. The number of benzene rings is 5. The van der Waals surface area contributed by atoms with Gasteiger partial charge >= 0.3 is 0 Å². The Balaban J connectivity index is 1.54. The summed E-state index contributed by atoms with van der Waals surface area (Å²) < 4.78 is 4.66. The van der Waals surface area contributed by atoms with Crippen LogP contribution in [0, 0.1) is 18.3 Å². The molecule has 7 rings (SSSR count). The van der Waals surface area contributed by atoms with Crippen molar-refractivity contribution in [1.29, 1.82) is 5.26 Å². The van der Waals surface area contributed by atoms with Gasteiger partial charge in [0.2, 0.25) is 0 Å². The smallest absolute Gasteiger partial charge is 0.0991 e. The maximum atomic E-state index is 9.50. The number of fused-ring (bicyclic) bond motifs is 6. The molecule has 2 heterocycles. The van der Waals surface area contributed by atoms with Crippen molar-refractivity contribution >= 4 is 43.6 Å². The molecule has 2 aromatic heterocycles. The van der Waals surface area contributed by atoms with Crippen molar-refractivity contribution in [2.24, 2.45) is 0 Å². The summed E-state index contributed by atoms with van der Waals surface area (Å²) in [5.74, 6) is 0. The largest absolute Gasteiger partial charge is 0.309 e. The van der Waals surface area contributed by atoms with Crippen LogP contribution in [0.4, 0.5) is 0 Å². The average Bonchev–Trinajstić information content (AvgIpc) is 3.41. The van der Waals surface area contributed by atoms with Gasteiger partial charge in [0.15, 0.2) is 0 Å². The first-order valence-corrected chi connectivity index (χ1v) is 11.8. The summed E-state index contributed by atoms with van der Waals surface area (Å²) in [6.45, 7) is 2.11. The SMILES string of the molecule is Cc1ccc2c(c1)c1cc(C#N)ccc1n2-c1cccc(-n2c3ccccc3c3ccccc32)c1. The third-order valence-electron chi connectivity index (χ3n) is 6.98. The lowest BCUT2D eigenvalue weighted by Gasteiger charge is -2.13. The maximum Gasteiger partial charge on any atom is 0.0991 e. The summed E-state index contributed by atoms with van der Waals surface area (Å²) >= 11 is 0. The van der Waals surface area contributed by atoms with E-state index in [-0.39, 0.29) is 0 Å². The van der Waals surface area contributed by atoms with Crippen LogP contribution in [0.3, 0.4) is 0 Å². The van der Waals surface area contributed by atoms with E-state index in [4.69, 9.17) is 0 Å². The van der Waals surface area contributed by atoms with Gasteiger partial charge in [-0.3, -0.25) is 0 Å². The van der Waals surface area contributed by atoms with Crippen LogP contribution in [-0.4, -0.2) is 9.13 Å². The fourth-order valence-corrected chi connectivity index (χ4v) is 5.46. The Morgan fingerprint density at radius 2 is 1.06 bits per heavy atom. The minimum absolute atomic E-state index is 0.678. The van der Waals surface area contributed by atoms with Crippen molar-refractivity contribution in [2.45, 2.75) is 6.92 Å². The highest BCUT2D eigenvalue weighted by molar-refractivity contribution is 6.11. The van der Waals surface area contributed by atoms with E-state index in [1.165, 1.54) is 32.8 Å². The molecule has 0 unspecified atom stereocenters. The van der Waals surface area contributed by atoms with Crippen molar-refractivity contribution in [3.8, 4) is 17.4 Å². The number of para-hydroxylation sites is 2. The van der Waals surface area contributed by atoms with Crippen LogP contribution < -0.4 is 0 Å². The molecule has 0 fully saturated rings. The number of nitrogens with zero attached hydrogens (tertiary/aromatic N) is 3. The van der Waals surface area contributed by atoms with E-state index in [9.17, 15) is 5.26 Å². The normalized spacial score (nSPS) is 11.5. The van der Waals surface area contributed by atoms with Crippen LogP contribution in [0.1, 0.15) is 11.1 Å². The van der Waals surface area contributed by atoms with Gasteiger partial charge in [0.1, 0.15) is 0 Å². The Labute approximate surface area is 202 Å². The number of hydrogen-bond acceptors (Lipinski definition) is 1. The molecule has 0 bridgehead atoms. The molecule has 3 heteroatoms. The molecule has 0 aliphatic heterocycles. The number of nitriles is 1. The van der Waals surface area contributed by atoms with Gasteiger partial charge in [0, 0.05) is 32.9 Å². The van der Waals surface area contributed by atoms with E-state index in [0.717, 1.165) is 27.8 Å².